The number of fused-ring (bicyclic) bond motifs is 1. The number of nitrogens with two attached hydrogens (primary N) is 1. The molecule has 1 heterocycles. The van der Waals surface area contributed by atoms with Crippen LogP contribution in [-0.4, -0.2) is 6.09 Å². The standard InChI is InChI=1S/C10H7BrFNO2S/c1-4-2-6-5(8(11)9(4)12)3-7(16-6)15-10(13)14/h2-3H,1H3,(H2,13,14). The lowest BCUT2D eigenvalue weighted by Gasteiger charge is -1.99. The number of rotatable bonds is 1. The number of halogens is 2. The molecule has 1 amide bonds. The molecule has 0 saturated carbocycles. The topological polar surface area (TPSA) is 52.3 Å². The normalized spacial score (nSPS) is 10.7. The highest BCUT2D eigenvalue weighted by Crippen LogP contribution is 2.38. The van der Waals surface area contributed by atoms with Gasteiger partial charge in [-0.3, -0.25) is 0 Å². The number of amides is 1. The van der Waals surface area contributed by atoms with E-state index in [-0.39, 0.29) is 5.82 Å². The number of hydrogen-bond acceptors (Lipinski definition) is 3. The van der Waals surface area contributed by atoms with Gasteiger partial charge in [0.05, 0.1) is 4.47 Å². The van der Waals surface area contributed by atoms with Gasteiger partial charge in [0.2, 0.25) is 0 Å². The summed E-state index contributed by atoms with van der Waals surface area (Å²) in [6.07, 6.45) is -0.875. The first kappa shape index (κ1) is 11.3. The second-order valence-electron chi connectivity index (χ2n) is 3.22. The number of benzene rings is 1. The van der Waals surface area contributed by atoms with Crippen molar-refractivity contribution in [2.75, 3.05) is 0 Å². The van der Waals surface area contributed by atoms with Crippen LogP contribution >= 0.6 is 27.3 Å². The average molecular weight is 304 g/mol. The van der Waals surface area contributed by atoms with E-state index in [9.17, 15) is 9.18 Å². The van der Waals surface area contributed by atoms with Crippen LogP contribution in [0.2, 0.25) is 0 Å². The van der Waals surface area contributed by atoms with Gasteiger partial charge in [-0.05, 0) is 34.5 Å². The monoisotopic (exact) mass is 303 g/mol. The molecular formula is C10H7BrFNO2S. The largest absolute Gasteiger partial charge is 0.410 e. The zero-order valence-corrected chi connectivity index (χ0v) is 10.6. The number of hydrogen-bond donors (Lipinski definition) is 1. The number of ether oxygens (including phenoxy) is 1. The minimum absolute atomic E-state index is 0.309. The van der Waals surface area contributed by atoms with Crippen LogP contribution in [0, 0.1) is 12.7 Å². The third kappa shape index (κ3) is 1.90. The van der Waals surface area contributed by atoms with E-state index in [4.69, 9.17) is 10.5 Å². The molecule has 2 rings (SSSR count). The van der Waals surface area contributed by atoms with Gasteiger partial charge >= 0.3 is 6.09 Å². The zero-order chi connectivity index (χ0) is 11.9. The summed E-state index contributed by atoms with van der Waals surface area (Å²) in [5.74, 6) is -0.309. The van der Waals surface area contributed by atoms with Crippen molar-refractivity contribution in [3.8, 4) is 5.06 Å². The summed E-state index contributed by atoms with van der Waals surface area (Å²) in [6, 6.07) is 3.28. The number of primary amides is 1. The van der Waals surface area contributed by atoms with Crippen LogP contribution in [0.5, 0.6) is 5.06 Å². The smallest absolute Gasteiger partial charge is 0.399 e. The van der Waals surface area contributed by atoms with Crippen LogP contribution in [0.15, 0.2) is 16.6 Å². The number of thiophene rings is 1. The van der Waals surface area contributed by atoms with E-state index >= 15 is 0 Å². The third-order valence-electron chi connectivity index (χ3n) is 2.06. The molecule has 2 aromatic rings. The van der Waals surface area contributed by atoms with Gasteiger partial charge in [-0.1, -0.05) is 11.3 Å². The molecule has 0 aliphatic rings. The summed E-state index contributed by atoms with van der Waals surface area (Å²) in [7, 11) is 0. The Morgan fingerprint density at radius 2 is 2.25 bits per heavy atom. The molecular weight excluding hydrogens is 297 g/mol. The fourth-order valence-corrected chi connectivity index (χ4v) is 3.16. The van der Waals surface area contributed by atoms with Gasteiger partial charge in [-0.25, -0.2) is 9.18 Å². The van der Waals surface area contributed by atoms with Gasteiger partial charge in [0.15, 0.2) is 5.06 Å². The van der Waals surface area contributed by atoms with Crippen molar-refractivity contribution in [2.24, 2.45) is 5.73 Å². The van der Waals surface area contributed by atoms with Crippen LogP contribution < -0.4 is 10.5 Å². The molecule has 3 nitrogen and oxygen atoms in total. The fraction of sp³-hybridized carbons (Fsp3) is 0.100. The van der Waals surface area contributed by atoms with E-state index in [2.05, 4.69) is 15.9 Å². The average Bonchev–Trinajstić information content (AvgIpc) is 2.56. The van der Waals surface area contributed by atoms with Crippen molar-refractivity contribution >= 4 is 43.4 Å². The van der Waals surface area contributed by atoms with Gasteiger partial charge < -0.3 is 10.5 Å². The molecule has 0 saturated heterocycles. The maximum absolute atomic E-state index is 13.6. The number of carbonyl (C=O) groups excluding carboxylic acids is 1. The van der Waals surface area contributed by atoms with Gasteiger partial charge in [-0.2, -0.15) is 0 Å². The summed E-state index contributed by atoms with van der Waals surface area (Å²) < 4.78 is 19.5. The van der Waals surface area contributed by atoms with E-state index in [1.54, 1.807) is 19.1 Å². The Labute approximate surface area is 103 Å². The first-order valence-corrected chi connectivity index (χ1v) is 5.95. The summed E-state index contributed by atoms with van der Waals surface area (Å²) in [5, 5.41) is 1.03. The molecule has 84 valence electrons. The highest BCUT2D eigenvalue weighted by atomic mass is 79.9. The van der Waals surface area contributed by atoms with Crippen LogP contribution in [0.1, 0.15) is 5.56 Å². The fourth-order valence-electron chi connectivity index (χ4n) is 1.36. The van der Waals surface area contributed by atoms with Crippen LogP contribution in [0.3, 0.4) is 0 Å². The quantitative estimate of drug-likeness (QED) is 0.875. The van der Waals surface area contributed by atoms with Crippen LogP contribution in [0.25, 0.3) is 10.1 Å². The highest BCUT2D eigenvalue weighted by molar-refractivity contribution is 9.10. The SMILES string of the molecule is Cc1cc2sc(OC(N)=O)cc2c(Br)c1F. The van der Waals surface area contributed by atoms with Crippen molar-refractivity contribution < 1.29 is 13.9 Å². The summed E-state index contributed by atoms with van der Waals surface area (Å²) in [5.41, 5.74) is 5.44. The lowest BCUT2D eigenvalue weighted by molar-refractivity contribution is 0.212. The maximum atomic E-state index is 13.6. The zero-order valence-electron chi connectivity index (χ0n) is 8.21. The van der Waals surface area contributed by atoms with E-state index < -0.39 is 6.09 Å². The maximum Gasteiger partial charge on any atom is 0.410 e. The lowest BCUT2D eigenvalue weighted by Crippen LogP contribution is -2.15. The molecule has 0 radical (unpaired) electrons. The van der Waals surface area contributed by atoms with E-state index in [1.807, 2.05) is 0 Å². The van der Waals surface area contributed by atoms with E-state index in [1.165, 1.54) is 11.3 Å². The minimum atomic E-state index is -0.875. The first-order chi connectivity index (χ1) is 7.49. The Kier molecular flexibility index (Phi) is 2.86. The molecule has 0 unspecified atom stereocenters. The van der Waals surface area contributed by atoms with Crippen molar-refractivity contribution in [2.45, 2.75) is 6.92 Å². The van der Waals surface area contributed by atoms with Gasteiger partial charge in [0, 0.05) is 16.2 Å². The van der Waals surface area contributed by atoms with Crippen molar-refractivity contribution in [1.29, 1.82) is 0 Å². The minimum Gasteiger partial charge on any atom is -0.399 e. The Bertz CT molecular complexity index is 582. The molecule has 0 aliphatic carbocycles. The molecule has 16 heavy (non-hydrogen) atoms. The van der Waals surface area contributed by atoms with Crippen molar-refractivity contribution in [1.82, 2.24) is 0 Å². The van der Waals surface area contributed by atoms with Crippen LogP contribution in [-0.2, 0) is 0 Å². The first-order valence-electron chi connectivity index (χ1n) is 4.34. The Morgan fingerprint density at radius 3 is 2.88 bits per heavy atom. The molecule has 0 bridgehead atoms. The predicted octanol–water partition coefficient (Wildman–Crippen LogP) is 3.57. The number of carbonyl (C=O) groups is 1. The molecule has 0 atom stereocenters. The Morgan fingerprint density at radius 1 is 1.56 bits per heavy atom. The summed E-state index contributed by atoms with van der Waals surface area (Å²) in [6.45, 7) is 1.67. The molecule has 2 N–H and O–H groups in total. The Hall–Kier alpha value is -1.14. The van der Waals surface area contributed by atoms with Gasteiger partial charge in [0.1, 0.15) is 5.82 Å². The molecule has 0 aliphatic heterocycles. The molecule has 0 fully saturated rings. The summed E-state index contributed by atoms with van der Waals surface area (Å²) >= 11 is 4.41. The molecule has 1 aromatic carbocycles. The highest BCUT2D eigenvalue weighted by Gasteiger charge is 2.13. The lowest BCUT2D eigenvalue weighted by atomic mass is 10.2. The second-order valence-corrected chi connectivity index (χ2v) is 5.06. The molecule has 6 heteroatoms. The molecule has 0 spiro atoms. The van der Waals surface area contributed by atoms with Gasteiger partial charge in [-0.15, -0.1) is 0 Å². The number of aryl methyl sites for hydroxylation is 1. The summed E-state index contributed by atoms with van der Waals surface area (Å²) in [4.78, 5) is 10.6. The van der Waals surface area contributed by atoms with Crippen LogP contribution in [0.4, 0.5) is 9.18 Å². The Balaban J connectivity index is 2.62. The molecule has 1 aromatic heterocycles. The second kappa shape index (κ2) is 4.03. The van der Waals surface area contributed by atoms with Crippen molar-refractivity contribution in [3.63, 3.8) is 0 Å². The van der Waals surface area contributed by atoms with Crippen molar-refractivity contribution in [3.05, 3.63) is 28.0 Å². The van der Waals surface area contributed by atoms with E-state index in [0.29, 0.717) is 20.5 Å². The third-order valence-corrected chi connectivity index (χ3v) is 3.80. The van der Waals surface area contributed by atoms with E-state index in [0.717, 1.165) is 4.70 Å². The van der Waals surface area contributed by atoms with Gasteiger partial charge in [0.25, 0.3) is 0 Å². The predicted molar refractivity (Wildman–Crippen MR) is 64.4 cm³/mol.